The molecule has 0 saturated heterocycles. The van der Waals surface area contributed by atoms with Crippen LogP contribution in [-0.4, -0.2) is 14.5 Å². The fourth-order valence-electron chi connectivity index (χ4n) is 5.19. The van der Waals surface area contributed by atoms with Crippen LogP contribution in [0.25, 0.3) is 54.7 Å². The van der Waals surface area contributed by atoms with Crippen LogP contribution in [0.3, 0.4) is 0 Å². The Kier molecular flexibility index (Phi) is 6.95. The summed E-state index contributed by atoms with van der Waals surface area (Å²) < 4.78 is 3.51. The third-order valence-corrected chi connectivity index (χ3v) is 8.32. The first-order valence-electron chi connectivity index (χ1n) is 13.5. The molecule has 5 nitrogen and oxygen atoms in total. The number of unbranched alkanes of at least 4 members (excludes halogenated alkanes) is 3. The smallest absolute Gasteiger partial charge is 0.270 e. The van der Waals surface area contributed by atoms with Crippen molar-refractivity contribution in [3.05, 3.63) is 106 Å². The Hall–Kier alpha value is -4.29. The van der Waals surface area contributed by atoms with Gasteiger partial charge in [-0.05, 0) is 47.9 Å². The molecule has 0 aliphatic heterocycles. The third-order valence-electron chi connectivity index (χ3n) is 7.24. The second-order valence-electron chi connectivity index (χ2n) is 9.89. The van der Waals surface area contributed by atoms with Crippen molar-refractivity contribution in [2.24, 2.45) is 0 Å². The van der Waals surface area contributed by atoms with E-state index in [-0.39, 0.29) is 10.6 Å². The number of aromatic nitrogens is 2. The maximum Gasteiger partial charge on any atom is 0.270 e. The predicted octanol–water partition coefficient (Wildman–Crippen LogP) is 9.73. The van der Waals surface area contributed by atoms with Gasteiger partial charge in [-0.3, -0.25) is 10.1 Å². The van der Waals surface area contributed by atoms with Crippen LogP contribution in [-0.2, 0) is 6.54 Å². The van der Waals surface area contributed by atoms with Crippen molar-refractivity contribution in [3.8, 4) is 10.6 Å². The van der Waals surface area contributed by atoms with Crippen molar-refractivity contribution in [1.29, 1.82) is 0 Å². The first-order valence-corrected chi connectivity index (χ1v) is 14.3. The fourth-order valence-corrected chi connectivity index (χ4v) is 6.16. The van der Waals surface area contributed by atoms with Crippen LogP contribution < -0.4 is 0 Å². The van der Waals surface area contributed by atoms with E-state index in [4.69, 9.17) is 4.98 Å². The Balaban J connectivity index is 1.30. The highest BCUT2D eigenvalue weighted by molar-refractivity contribution is 7.21. The number of thiazole rings is 1. The maximum atomic E-state index is 11.5. The second-order valence-corrected chi connectivity index (χ2v) is 10.9. The normalized spacial score (nSPS) is 11.8. The molecule has 0 aliphatic carbocycles. The van der Waals surface area contributed by atoms with Crippen LogP contribution in [0.2, 0.25) is 0 Å². The van der Waals surface area contributed by atoms with Gasteiger partial charge >= 0.3 is 0 Å². The van der Waals surface area contributed by atoms with Crippen LogP contribution in [0.1, 0.15) is 43.7 Å². The number of hydrogen-bond acceptors (Lipinski definition) is 4. The number of benzene rings is 4. The summed E-state index contributed by atoms with van der Waals surface area (Å²) in [6.45, 7) is 3.12. The number of aryl methyl sites for hydroxylation is 1. The molecule has 0 radical (unpaired) electrons. The highest BCUT2D eigenvalue weighted by Crippen LogP contribution is 2.34. The van der Waals surface area contributed by atoms with Gasteiger partial charge in [0.15, 0.2) is 0 Å². The Morgan fingerprint density at radius 2 is 1.56 bits per heavy atom. The molecule has 194 valence electrons. The molecular weight excluding hydrogens is 502 g/mol. The molecule has 4 aromatic carbocycles. The minimum Gasteiger partial charge on any atom is -0.340 e. The highest BCUT2D eigenvalue weighted by Gasteiger charge is 2.15. The standard InChI is InChI=1S/C33H29N3O2S/c1-2-3-4-7-20-35-30-18-14-24(21-27(30)28-22-26(36(37)38)17-19-31(28)35)11-10-23-12-15-25(16-13-23)33-34-29-8-5-6-9-32(29)39-33/h5-6,8-19,21-22H,2-4,7,20H2,1H3/b11-10+. The summed E-state index contributed by atoms with van der Waals surface area (Å²) in [5, 5.41) is 14.5. The summed E-state index contributed by atoms with van der Waals surface area (Å²) >= 11 is 1.71. The number of nitro benzene ring substituents is 1. The molecule has 6 heteroatoms. The van der Waals surface area contributed by atoms with E-state index in [1.807, 2.05) is 24.3 Å². The number of fused-ring (bicyclic) bond motifs is 4. The Bertz CT molecular complexity index is 1800. The van der Waals surface area contributed by atoms with Gasteiger partial charge in [0.05, 0.1) is 15.1 Å². The summed E-state index contributed by atoms with van der Waals surface area (Å²) in [7, 11) is 0. The molecule has 2 aromatic heterocycles. The van der Waals surface area contributed by atoms with Gasteiger partial charge in [0.2, 0.25) is 0 Å². The Labute approximate surface area is 231 Å². The van der Waals surface area contributed by atoms with Crippen molar-refractivity contribution < 1.29 is 4.92 Å². The SMILES string of the molecule is CCCCCCn1c2ccc(/C=C/c3ccc(-c4nc5ccccc5s4)cc3)cc2c2cc([N+](=O)[O-])ccc21. The summed E-state index contributed by atoms with van der Waals surface area (Å²) in [4.78, 5) is 16.0. The predicted molar refractivity (Wildman–Crippen MR) is 164 cm³/mol. The summed E-state index contributed by atoms with van der Waals surface area (Å²) in [5.41, 5.74) is 6.62. The molecule has 0 unspecified atom stereocenters. The zero-order valence-electron chi connectivity index (χ0n) is 21.8. The fraction of sp³-hybridized carbons (Fsp3) is 0.182. The van der Waals surface area contributed by atoms with E-state index in [1.165, 1.54) is 24.0 Å². The van der Waals surface area contributed by atoms with Gasteiger partial charge in [-0.25, -0.2) is 4.98 Å². The quantitative estimate of drug-likeness (QED) is 0.0807. The Morgan fingerprint density at radius 3 is 2.33 bits per heavy atom. The molecule has 0 bridgehead atoms. The minimum atomic E-state index is -0.314. The molecule has 0 atom stereocenters. The number of hydrogen-bond donors (Lipinski definition) is 0. The molecule has 6 rings (SSSR count). The molecule has 0 N–H and O–H groups in total. The van der Waals surface area contributed by atoms with E-state index in [0.29, 0.717) is 0 Å². The van der Waals surface area contributed by atoms with E-state index in [2.05, 4.69) is 72.2 Å². The first kappa shape index (κ1) is 25.0. The van der Waals surface area contributed by atoms with Crippen LogP contribution in [0.4, 0.5) is 5.69 Å². The van der Waals surface area contributed by atoms with Crippen molar-refractivity contribution in [3.63, 3.8) is 0 Å². The van der Waals surface area contributed by atoms with Gasteiger partial charge in [0.25, 0.3) is 5.69 Å². The van der Waals surface area contributed by atoms with Gasteiger partial charge in [0, 0.05) is 46.0 Å². The number of para-hydroxylation sites is 1. The van der Waals surface area contributed by atoms with Crippen LogP contribution in [0.5, 0.6) is 0 Å². The maximum absolute atomic E-state index is 11.5. The van der Waals surface area contributed by atoms with E-state index in [1.54, 1.807) is 23.5 Å². The van der Waals surface area contributed by atoms with Crippen LogP contribution >= 0.6 is 11.3 Å². The van der Waals surface area contributed by atoms with Gasteiger partial charge in [-0.1, -0.05) is 80.8 Å². The van der Waals surface area contributed by atoms with Gasteiger partial charge in [-0.15, -0.1) is 11.3 Å². The molecule has 0 amide bonds. The summed E-state index contributed by atoms with van der Waals surface area (Å²) in [6, 6.07) is 28.3. The van der Waals surface area contributed by atoms with E-state index in [9.17, 15) is 10.1 Å². The Morgan fingerprint density at radius 1 is 0.846 bits per heavy atom. The lowest BCUT2D eigenvalue weighted by molar-refractivity contribution is -0.384. The molecule has 2 heterocycles. The lowest BCUT2D eigenvalue weighted by atomic mass is 10.1. The van der Waals surface area contributed by atoms with E-state index < -0.39 is 0 Å². The zero-order chi connectivity index (χ0) is 26.8. The molecule has 6 aromatic rings. The molecule has 0 aliphatic rings. The molecule has 0 fully saturated rings. The largest absolute Gasteiger partial charge is 0.340 e. The van der Waals surface area contributed by atoms with Crippen molar-refractivity contribution in [2.45, 2.75) is 39.2 Å². The third kappa shape index (κ3) is 5.08. The van der Waals surface area contributed by atoms with Gasteiger partial charge < -0.3 is 4.57 Å². The molecule has 39 heavy (non-hydrogen) atoms. The number of nitrogens with zero attached hydrogens (tertiary/aromatic N) is 3. The van der Waals surface area contributed by atoms with Crippen LogP contribution in [0.15, 0.2) is 84.9 Å². The van der Waals surface area contributed by atoms with Crippen LogP contribution in [0, 0.1) is 10.1 Å². The number of non-ortho nitro benzene ring substituents is 1. The second kappa shape index (κ2) is 10.8. The van der Waals surface area contributed by atoms with Crippen molar-refractivity contribution >= 4 is 61.2 Å². The average molecular weight is 532 g/mol. The summed E-state index contributed by atoms with van der Waals surface area (Å²) in [6.07, 6.45) is 8.91. The average Bonchev–Trinajstić information content (AvgIpc) is 3.53. The molecule has 0 spiro atoms. The van der Waals surface area contributed by atoms with Gasteiger partial charge in [0.1, 0.15) is 5.01 Å². The van der Waals surface area contributed by atoms with E-state index >= 15 is 0 Å². The molecule has 0 saturated carbocycles. The summed E-state index contributed by atoms with van der Waals surface area (Å²) in [5.74, 6) is 0. The van der Waals surface area contributed by atoms with Crippen molar-refractivity contribution in [2.75, 3.05) is 0 Å². The highest BCUT2D eigenvalue weighted by atomic mass is 32.1. The lowest BCUT2D eigenvalue weighted by Gasteiger charge is -2.07. The number of nitro groups is 1. The molecular formula is C33H29N3O2S. The first-order chi connectivity index (χ1) is 19.1. The zero-order valence-corrected chi connectivity index (χ0v) is 22.7. The monoisotopic (exact) mass is 531 g/mol. The lowest BCUT2D eigenvalue weighted by Crippen LogP contribution is -1.98. The van der Waals surface area contributed by atoms with Gasteiger partial charge in [-0.2, -0.15) is 0 Å². The number of rotatable bonds is 9. The van der Waals surface area contributed by atoms with Crippen molar-refractivity contribution in [1.82, 2.24) is 9.55 Å². The topological polar surface area (TPSA) is 61.0 Å². The minimum absolute atomic E-state index is 0.127. The van der Waals surface area contributed by atoms with E-state index in [0.717, 1.165) is 62.0 Å².